The fourth-order valence-electron chi connectivity index (χ4n) is 3.30. The molecule has 1 N–H and O–H groups in total. The van der Waals surface area contributed by atoms with Crippen molar-refractivity contribution in [3.63, 3.8) is 0 Å². The molecule has 0 aliphatic carbocycles. The number of nitrogens with zero attached hydrogens (tertiary/aromatic N) is 5. The van der Waals surface area contributed by atoms with Gasteiger partial charge in [0.15, 0.2) is 0 Å². The lowest BCUT2D eigenvalue weighted by atomic mass is 10.2. The summed E-state index contributed by atoms with van der Waals surface area (Å²) in [6.45, 7) is 3.30. The maximum absolute atomic E-state index is 12.6. The number of imidazole rings is 1. The quantitative estimate of drug-likeness (QED) is 0.731. The van der Waals surface area contributed by atoms with Crippen LogP contribution in [0.2, 0.25) is 5.02 Å². The number of para-hydroxylation sites is 1. The fourth-order valence-corrected chi connectivity index (χ4v) is 3.54. The molecular formula is C19H19ClN6O. The van der Waals surface area contributed by atoms with Crippen LogP contribution < -0.4 is 10.2 Å². The molecule has 1 aliphatic heterocycles. The highest BCUT2D eigenvalue weighted by molar-refractivity contribution is 6.33. The molecule has 3 heterocycles. The second-order valence-electron chi connectivity index (χ2n) is 6.30. The number of rotatable bonds is 5. The van der Waals surface area contributed by atoms with Gasteiger partial charge < -0.3 is 14.8 Å². The number of hydrogen-bond acceptors (Lipinski definition) is 5. The Morgan fingerprint density at radius 1 is 1.22 bits per heavy atom. The summed E-state index contributed by atoms with van der Waals surface area (Å²) in [5.41, 5.74) is 1.55. The van der Waals surface area contributed by atoms with E-state index >= 15 is 0 Å². The van der Waals surface area contributed by atoms with Crippen LogP contribution in [-0.2, 0) is 4.79 Å². The van der Waals surface area contributed by atoms with Gasteiger partial charge in [-0.15, -0.1) is 0 Å². The van der Waals surface area contributed by atoms with Crippen molar-refractivity contribution in [1.82, 2.24) is 19.5 Å². The summed E-state index contributed by atoms with van der Waals surface area (Å²) >= 11 is 6.27. The summed E-state index contributed by atoms with van der Waals surface area (Å²) in [6.07, 6.45) is 7.50. The summed E-state index contributed by atoms with van der Waals surface area (Å²) in [5, 5.41) is 3.65. The van der Waals surface area contributed by atoms with Crippen LogP contribution in [-0.4, -0.2) is 38.5 Å². The summed E-state index contributed by atoms with van der Waals surface area (Å²) in [6, 6.07) is 7.37. The van der Waals surface area contributed by atoms with Gasteiger partial charge in [-0.2, -0.15) is 0 Å². The number of carbonyl (C=O) groups is 1. The van der Waals surface area contributed by atoms with E-state index in [9.17, 15) is 4.79 Å². The van der Waals surface area contributed by atoms with Crippen LogP contribution in [0.25, 0.3) is 11.4 Å². The van der Waals surface area contributed by atoms with Crippen molar-refractivity contribution in [2.45, 2.75) is 19.4 Å². The highest BCUT2D eigenvalue weighted by Gasteiger charge is 2.33. The number of carbonyl (C=O) groups excluding carboxylic acids is 1. The van der Waals surface area contributed by atoms with Crippen molar-refractivity contribution in [3.8, 4) is 11.4 Å². The Morgan fingerprint density at radius 3 is 2.74 bits per heavy atom. The van der Waals surface area contributed by atoms with E-state index in [1.807, 2.05) is 35.9 Å². The van der Waals surface area contributed by atoms with Crippen molar-refractivity contribution in [2.75, 3.05) is 23.3 Å². The summed E-state index contributed by atoms with van der Waals surface area (Å²) in [7, 11) is 0. The number of benzene rings is 1. The molecule has 4 rings (SSSR count). The normalized spacial score (nSPS) is 16.7. The topological polar surface area (TPSA) is 75.9 Å². The van der Waals surface area contributed by atoms with Gasteiger partial charge in [-0.1, -0.05) is 23.7 Å². The number of halogens is 1. The van der Waals surface area contributed by atoms with Gasteiger partial charge >= 0.3 is 0 Å². The Hall–Kier alpha value is -2.93. The number of nitrogens with one attached hydrogen (secondary N) is 1. The van der Waals surface area contributed by atoms with Crippen molar-refractivity contribution in [3.05, 3.63) is 54.1 Å². The molecule has 1 aliphatic rings. The Labute approximate surface area is 162 Å². The minimum Gasteiger partial charge on any atom is -0.355 e. The molecule has 1 atom stereocenters. The fraction of sp³-hybridized carbons (Fsp3) is 0.263. The lowest BCUT2D eigenvalue weighted by molar-refractivity contribution is -0.117. The average Bonchev–Trinajstić information content (AvgIpc) is 3.30. The van der Waals surface area contributed by atoms with E-state index in [-0.39, 0.29) is 11.9 Å². The van der Waals surface area contributed by atoms with Gasteiger partial charge in [0.1, 0.15) is 5.82 Å². The second-order valence-corrected chi connectivity index (χ2v) is 6.70. The Bertz CT molecular complexity index is 955. The van der Waals surface area contributed by atoms with Gasteiger partial charge in [-0.05, 0) is 19.1 Å². The molecule has 0 bridgehead atoms. The van der Waals surface area contributed by atoms with E-state index in [1.165, 1.54) is 0 Å². The SMILES string of the molecule is CCNc1ncc(-c2nccn2C2CC(=O)N(c3ccccc3Cl)C2)cn1. The molecule has 1 fully saturated rings. The predicted octanol–water partition coefficient (Wildman–Crippen LogP) is 3.40. The Balaban J connectivity index is 1.60. The lowest BCUT2D eigenvalue weighted by Gasteiger charge is -2.19. The van der Waals surface area contributed by atoms with Gasteiger partial charge in [0.2, 0.25) is 11.9 Å². The smallest absolute Gasteiger partial charge is 0.229 e. The van der Waals surface area contributed by atoms with Gasteiger partial charge in [0.05, 0.1) is 22.3 Å². The third kappa shape index (κ3) is 3.38. The number of amides is 1. The molecule has 138 valence electrons. The molecular weight excluding hydrogens is 364 g/mol. The Kier molecular flexibility index (Phi) is 4.77. The Morgan fingerprint density at radius 2 is 2.00 bits per heavy atom. The molecule has 7 nitrogen and oxygen atoms in total. The van der Waals surface area contributed by atoms with Gasteiger partial charge in [-0.3, -0.25) is 4.79 Å². The van der Waals surface area contributed by atoms with Crippen LogP contribution in [0.5, 0.6) is 0 Å². The van der Waals surface area contributed by atoms with E-state index in [4.69, 9.17) is 11.6 Å². The average molecular weight is 383 g/mol. The predicted molar refractivity (Wildman–Crippen MR) is 105 cm³/mol. The van der Waals surface area contributed by atoms with Crippen LogP contribution in [0, 0.1) is 0 Å². The van der Waals surface area contributed by atoms with E-state index < -0.39 is 0 Å². The summed E-state index contributed by atoms with van der Waals surface area (Å²) in [5.74, 6) is 1.38. The first-order valence-electron chi connectivity index (χ1n) is 8.81. The first-order chi connectivity index (χ1) is 13.2. The minimum absolute atomic E-state index is 0.0280. The van der Waals surface area contributed by atoms with Gasteiger partial charge in [0.25, 0.3) is 0 Å². The first kappa shape index (κ1) is 17.5. The molecule has 1 aromatic carbocycles. The van der Waals surface area contributed by atoms with Crippen molar-refractivity contribution >= 4 is 29.1 Å². The van der Waals surface area contributed by atoms with Crippen LogP contribution in [0.4, 0.5) is 11.6 Å². The van der Waals surface area contributed by atoms with E-state index in [2.05, 4.69) is 20.3 Å². The lowest BCUT2D eigenvalue weighted by Crippen LogP contribution is -2.25. The number of anilines is 2. The third-order valence-corrected chi connectivity index (χ3v) is 4.87. The summed E-state index contributed by atoms with van der Waals surface area (Å²) in [4.78, 5) is 27.4. The third-order valence-electron chi connectivity index (χ3n) is 4.55. The first-order valence-corrected chi connectivity index (χ1v) is 9.19. The number of hydrogen-bond donors (Lipinski definition) is 1. The minimum atomic E-state index is -0.0280. The van der Waals surface area contributed by atoms with E-state index in [0.717, 1.165) is 23.6 Å². The monoisotopic (exact) mass is 382 g/mol. The zero-order valence-corrected chi connectivity index (χ0v) is 15.6. The molecule has 3 aromatic rings. The second kappa shape index (κ2) is 7.36. The van der Waals surface area contributed by atoms with Crippen molar-refractivity contribution < 1.29 is 4.79 Å². The largest absolute Gasteiger partial charge is 0.355 e. The zero-order chi connectivity index (χ0) is 18.8. The molecule has 1 unspecified atom stereocenters. The van der Waals surface area contributed by atoms with Crippen LogP contribution in [0.3, 0.4) is 0 Å². The highest BCUT2D eigenvalue weighted by atomic mass is 35.5. The van der Waals surface area contributed by atoms with E-state index in [1.54, 1.807) is 29.6 Å². The van der Waals surface area contributed by atoms with Crippen molar-refractivity contribution in [2.24, 2.45) is 0 Å². The standard InChI is InChI=1S/C19H19ClN6O/c1-2-21-19-23-10-13(11-24-19)18-22-7-8-25(18)14-9-17(27)26(12-14)16-6-4-3-5-15(16)20/h3-8,10-11,14H,2,9,12H2,1H3,(H,21,23,24). The molecule has 27 heavy (non-hydrogen) atoms. The van der Waals surface area contributed by atoms with Crippen LogP contribution >= 0.6 is 11.6 Å². The molecule has 0 saturated carbocycles. The van der Waals surface area contributed by atoms with E-state index in [0.29, 0.717) is 23.9 Å². The molecule has 1 saturated heterocycles. The van der Waals surface area contributed by atoms with Crippen LogP contribution in [0.1, 0.15) is 19.4 Å². The molecule has 8 heteroatoms. The molecule has 0 radical (unpaired) electrons. The maximum atomic E-state index is 12.6. The molecule has 1 amide bonds. The molecule has 0 spiro atoms. The highest BCUT2D eigenvalue weighted by Crippen LogP contribution is 2.34. The zero-order valence-electron chi connectivity index (χ0n) is 14.8. The molecule has 2 aromatic heterocycles. The van der Waals surface area contributed by atoms with Gasteiger partial charge in [-0.25, -0.2) is 15.0 Å². The van der Waals surface area contributed by atoms with Gasteiger partial charge in [0, 0.05) is 44.3 Å². The number of aromatic nitrogens is 4. The van der Waals surface area contributed by atoms with Crippen LogP contribution in [0.15, 0.2) is 49.1 Å². The maximum Gasteiger partial charge on any atom is 0.229 e. The van der Waals surface area contributed by atoms with Crippen molar-refractivity contribution in [1.29, 1.82) is 0 Å². The summed E-state index contributed by atoms with van der Waals surface area (Å²) < 4.78 is 2.01.